The third-order valence-electron chi connectivity index (χ3n) is 3.62. The van der Waals surface area contributed by atoms with Gasteiger partial charge in [-0.1, -0.05) is 25.1 Å². The lowest BCUT2D eigenvalue weighted by atomic mass is 10.1. The molecule has 0 saturated carbocycles. The fourth-order valence-corrected chi connectivity index (χ4v) is 2.32. The number of nitrogens with zero attached hydrogens (tertiary/aromatic N) is 1. The second kappa shape index (κ2) is 6.98. The molecule has 0 fully saturated rings. The van der Waals surface area contributed by atoms with Crippen molar-refractivity contribution in [3.05, 3.63) is 53.6 Å². The van der Waals surface area contributed by atoms with Gasteiger partial charge in [-0.05, 0) is 48.7 Å². The molecule has 116 valence electrons. The van der Waals surface area contributed by atoms with Crippen LogP contribution in [0.3, 0.4) is 0 Å². The highest BCUT2D eigenvalue weighted by Gasteiger charge is 2.08. The lowest BCUT2D eigenvalue weighted by Gasteiger charge is -2.15. The second-order valence-corrected chi connectivity index (χ2v) is 5.48. The van der Waals surface area contributed by atoms with Gasteiger partial charge < -0.3 is 15.5 Å². The van der Waals surface area contributed by atoms with Crippen molar-refractivity contribution in [2.24, 2.45) is 0 Å². The molecule has 0 heterocycles. The Hall–Kier alpha value is -2.49. The van der Waals surface area contributed by atoms with Gasteiger partial charge in [0.15, 0.2) is 0 Å². The third kappa shape index (κ3) is 3.79. The lowest BCUT2D eigenvalue weighted by molar-refractivity contribution is 0.262. The summed E-state index contributed by atoms with van der Waals surface area (Å²) in [6.45, 7) is 4.08. The summed E-state index contributed by atoms with van der Waals surface area (Å²) < 4.78 is 0. The first kappa shape index (κ1) is 15.9. The van der Waals surface area contributed by atoms with Crippen molar-refractivity contribution in [1.29, 1.82) is 0 Å². The monoisotopic (exact) mass is 297 g/mol. The van der Waals surface area contributed by atoms with Crippen molar-refractivity contribution < 1.29 is 4.79 Å². The highest BCUT2D eigenvalue weighted by atomic mass is 16.2. The summed E-state index contributed by atoms with van der Waals surface area (Å²) in [5.41, 5.74) is 4.97. The number of nitrogens with one attached hydrogen (secondary N) is 2. The van der Waals surface area contributed by atoms with E-state index in [1.54, 1.807) is 0 Å². The van der Waals surface area contributed by atoms with Crippen LogP contribution in [-0.2, 0) is 6.42 Å². The van der Waals surface area contributed by atoms with Crippen LogP contribution in [0.4, 0.5) is 21.9 Å². The van der Waals surface area contributed by atoms with Crippen LogP contribution in [0.2, 0.25) is 0 Å². The first-order chi connectivity index (χ1) is 10.5. The Bertz CT molecular complexity index is 648. The van der Waals surface area contributed by atoms with Crippen LogP contribution in [0.1, 0.15) is 18.1 Å². The van der Waals surface area contributed by atoms with Crippen molar-refractivity contribution in [2.75, 3.05) is 29.6 Å². The molecular formula is C18H23N3O. The van der Waals surface area contributed by atoms with E-state index in [1.807, 2.05) is 68.4 Å². The van der Waals surface area contributed by atoms with Crippen LogP contribution in [-0.4, -0.2) is 20.1 Å². The maximum atomic E-state index is 12.2. The minimum absolute atomic E-state index is 0.221. The maximum absolute atomic E-state index is 12.2. The average Bonchev–Trinajstić information content (AvgIpc) is 2.49. The van der Waals surface area contributed by atoms with Crippen LogP contribution in [0, 0.1) is 6.92 Å². The van der Waals surface area contributed by atoms with Crippen molar-refractivity contribution in [1.82, 2.24) is 0 Å². The predicted octanol–water partition coefficient (Wildman–Crippen LogP) is 4.27. The fraction of sp³-hybridized carbons (Fsp3) is 0.278. The molecule has 0 aliphatic carbocycles. The molecule has 0 aliphatic rings. The molecule has 2 aromatic rings. The van der Waals surface area contributed by atoms with Crippen LogP contribution < -0.4 is 15.5 Å². The number of amides is 2. The topological polar surface area (TPSA) is 44.4 Å². The zero-order valence-corrected chi connectivity index (χ0v) is 13.6. The van der Waals surface area contributed by atoms with Crippen molar-refractivity contribution >= 4 is 23.1 Å². The van der Waals surface area contributed by atoms with E-state index in [9.17, 15) is 4.79 Å². The molecule has 2 N–H and O–H groups in total. The number of urea groups is 1. The Balaban J connectivity index is 2.07. The van der Waals surface area contributed by atoms with Gasteiger partial charge in [0.05, 0.1) is 0 Å². The van der Waals surface area contributed by atoms with E-state index >= 15 is 0 Å². The highest BCUT2D eigenvalue weighted by Crippen LogP contribution is 2.22. The molecule has 0 radical (unpaired) electrons. The summed E-state index contributed by atoms with van der Waals surface area (Å²) >= 11 is 0. The smallest absolute Gasteiger partial charge is 0.323 e. The molecule has 2 amide bonds. The van der Waals surface area contributed by atoms with Gasteiger partial charge in [-0.3, -0.25) is 0 Å². The summed E-state index contributed by atoms with van der Waals surface area (Å²) in [6, 6.07) is 13.6. The number of carbonyl (C=O) groups is 1. The minimum Gasteiger partial charge on any atom is -0.378 e. The first-order valence-corrected chi connectivity index (χ1v) is 7.45. The molecule has 4 nitrogen and oxygen atoms in total. The molecule has 2 aromatic carbocycles. The summed E-state index contributed by atoms with van der Waals surface area (Å²) in [5.74, 6) is 0. The summed E-state index contributed by atoms with van der Waals surface area (Å²) in [4.78, 5) is 14.2. The van der Waals surface area contributed by atoms with E-state index < -0.39 is 0 Å². The molecule has 4 heteroatoms. The quantitative estimate of drug-likeness (QED) is 0.885. The normalized spacial score (nSPS) is 10.2. The van der Waals surface area contributed by atoms with Crippen LogP contribution >= 0.6 is 0 Å². The van der Waals surface area contributed by atoms with Gasteiger partial charge in [0.2, 0.25) is 0 Å². The number of hydrogen-bond donors (Lipinski definition) is 2. The Morgan fingerprint density at radius 2 is 1.73 bits per heavy atom. The summed E-state index contributed by atoms with van der Waals surface area (Å²) in [5, 5.41) is 5.82. The zero-order chi connectivity index (χ0) is 16.1. The van der Waals surface area contributed by atoms with Gasteiger partial charge in [0, 0.05) is 31.2 Å². The average molecular weight is 297 g/mol. The number of carbonyl (C=O) groups excluding carboxylic acids is 1. The van der Waals surface area contributed by atoms with Gasteiger partial charge in [-0.15, -0.1) is 0 Å². The van der Waals surface area contributed by atoms with Gasteiger partial charge >= 0.3 is 6.03 Å². The molecular weight excluding hydrogens is 274 g/mol. The first-order valence-electron chi connectivity index (χ1n) is 7.45. The van der Waals surface area contributed by atoms with Crippen molar-refractivity contribution in [3.63, 3.8) is 0 Å². The van der Waals surface area contributed by atoms with E-state index in [0.29, 0.717) is 0 Å². The molecule has 0 bridgehead atoms. The Morgan fingerprint density at radius 1 is 1.05 bits per heavy atom. The molecule has 0 atom stereocenters. The van der Waals surface area contributed by atoms with Crippen LogP contribution in [0.25, 0.3) is 0 Å². The fourth-order valence-electron chi connectivity index (χ4n) is 2.32. The van der Waals surface area contributed by atoms with E-state index in [0.717, 1.165) is 34.6 Å². The van der Waals surface area contributed by atoms with E-state index in [1.165, 1.54) is 0 Å². The Labute approximate surface area is 132 Å². The summed E-state index contributed by atoms with van der Waals surface area (Å²) in [6.07, 6.45) is 0.884. The van der Waals surface area contributed by atoms with Crippen molar-refractivity contribution in [3.8, 4) is 0 Å². The summed E-state index contributed by atoms with van der Waals surface area (Å²) in [7, 11) is 3.97. The number of hydrogen-bond acceptors (Lipinski definition) is 2. The minimum atomic E-state index is -0.221. The van der Waals surface area contributed by atoms with E-state index in [4.69, 9.17) is 0 Å². The number of benzene rings is 2. The number of para-hydroxylation sites is 1. The Kier molecular flexibility index (Phi) is 5.04. The number of rotatable bonds is 4. The van der Waals surface area contributed by atoms with E-state index in [-0.39, 0.29) is 6.03 Å². The van der Waals surface area contributed by atoms with E-state index in [2.05, 4.69) is 17.6 Å². The zero-order valence-electron chi connectivity index (χ0n) is 13.6. The molecule has 2 rings (SSSR count). The molecule has 0 spiro atoms. The molecule has 0 unspecified atom stereocenters. The van der Waals surface area contributed by atoms with Gasteiger partial charge in [-0.2, -0.15) is 0 Å². The number of aryl methyl sites for hydroxylation is 2. The predicted molar refractivity (Wildman–Crippen MR) is 94.0 cm³/mol. The Morgan fingerprint density at radius 3 is 2.32 bits per heavy atom. The molecule has 22 heavy (non-hydrogen) atoms. The van der Waals surface area contributed by atoms with Crippen LogP contribution in [0.5, 0.6) is 0 Å². The second-order valence-electron chi connectivity index (χ2n) is 5.48. The molecule has 0 aromatic heterocycles. The van der Waals surface area contributed by atoms with Gasteiger partial charge in [-0.25, -0.2) is 4.79 Å². The van der Waals surface area contributed by atoms with Crippen molar-refractivity contribution in [2.45, 2.75) is 20.3 Å². The highest BCUT2D eigenvalue weighted by molar-refractivity contribution is 6.00. The largest absolute Gasteiger partial charge is 0.378 e. The van der Waals surface area contributed by atoms with Crippen LogP contribution in [0.15, 0.2) is 42.5 Å². The standard InChI is InChI=1S/C18H23N3O/c1-5-14-8-6-7-13(2)17(14)20-18(22)19-15-9-11-16(12-10-15)21(3)4/h6-12H,5H2,1-4H3,(H2,19,20,22). The SMILES string of the molecule is CCc1cccc(C)c1NC(=O)Nc1ccc(N(C)C)cc1. The maximum Gasteiger partial charge on any atom is 0.323 e. The molecule has 0 aliphatic heterocycles. The van der Waals surface area contributed by atoms with Gasteiger partial charge in [0.25, 0.3) is 0 Å². The number of anilines is 3. The third-order valence-corrected chi connectivity index (χ3v) is 3.62. The lowest BCUT2D eigenvalue weighted by Crippen LogP contribution is -2.21. The molecule has 0 saturated heterocycles. The van der Waals surface area contributed by atoms with Gasteiger partial charge in [0.1, 0.15) is 0 Å².